The predicted octanol–water partition coefficient (Wildman–Crippen LogP) is 1.03. The van der Waals surface area contributed by atoms with Crippen LogP contribution in [-0.4, -0.2) is 28.9 Å². The van der Waals surface area contributed by atoms with E-state index in [0.29, 0.717) is 23.7 Å². The van der Waals surface area contributed by atoms with E-state index in [0.717, 1.165) is 24.2 Å². The van der Waals surface area contributed by atoms with Crippen molar-refractivity contribution in [1.29, 1.82) is 0 Å². The molecule has 23 heavy (non-hydrogen) atoms. The van der Waals surface area contributed by atoms with Crippen LogP contribution in [0.5, 0.6) is 0 Å². The Balaban J connectivity index is 2.39. The molecule has 3 aromatic rings. The molecule has 0 fully saturated rings. The number of aromatic nitrogens is 6. The van der Waals surface area contributed by atoms with Crippen LogP contribution in [0, 0.1) is 13.8 Å². The monoisotopic (exact) mass is 316 g/mol. The van der Waals surface area contributed by atoms with Gasteiger partial charge >= 0.3 is 5.69 Å². The maximum absolute atomic E-state index is 12.3. The number of aromatic amines is 1. The third kappa shape index (κ3) is 2.39. The summed E-state index contributed by atoms with van der Waals surface area (Å²) in [4.78, 5) is 31.0. The van der Waals surface area contributed by atoms with Gasteiger partial charge in [0.1, 0.15) is 0 Å². The lowest BCUT2D eigenvalue weighted by Crippen LogP contribution is -2.29. The number of unbranched alkanes of at least 4 members (excludes halogenated alkanes) is 1. The van der Waals surface area contributed by atoms with E-state index in [1.807, 2.05) is 24.5 Å². The normalized spacial score (nSPS) is 11.5. The molecule has 122 valence electrons. The Morgan fingerprint density at radius 2 is 2.00 bits per heavy atom. The molecule has 0 amide bonds. The van der Waals surface area contributed by atoms with Gasteiger partial charge in [-0.3, -0.25) is 14.3 Å². The highest BCUT2D eigenvalue weighted by Crippen LogP contribution is 2.17. The molecule has 0 radical (unpaired) electrons. The summed E-state index contributed by atoms with van der Waals surface area (Å²) in [6.07, 6.45) is 1.89. The van der Waals surface area contributed by atoms with Crippen molar-refractivity contribution < 1.29 is 0 Å². The van der Waals surface area contributed by atoms with Gasteiger partial charge in [-0.2, -0.15) is 10.1 Å². The fraction of sp³-hybridized carbons (Fsp3) is 0.467. The molecule has 0 saturated heterocycles. The summed E-state index contributed by atoms with van der Waals surface area (Å²) in [5.74, 6) is 0.561. The summed E-state index contributed by atoms with van der Waals surface area (Å²) in [5, 5.41) is 4.46. The Hall–Kier alpha value is -2.64. The lowest BCUT2D eigenvalue weighted by atomic mass is 10.3. The number of fused-ring (bicyclic) bond motifs is 1. The first-order valence-electron chi connectivity index (χ1n) is 7.67. The van der Waals surface area contributed by atoms with Crippen molar-refractivity contribution in [3.8, 4) is 5.95 Å². The van der Waals surface area contributed by atoms with Crippen molar-refractivity contribution in [3.05, 3.63) is 38.3 Å². The number of hydrogen-bond acceptors (Lipinski definition) is 4. The fourth-order valence-electron chi connectivity index (χ4n) is 2.74. The largest absolute Gasteiger partial charge is 0.329 e. The van der Waals surface area contributed by atoms with Crippen LogP contribution < -0.4 is 11.2 Å². The Bertz CT molecular complexity index is 988. The smallest absolute Gasteiger partial charge is 0.302 e. The zero-order valence-corrected chi connectivity index (χ0v) is 13.8. The Labute approximate surface area is 132 Å². The molecule has 8 nitrogen and oxygen atoms in total. The van der Waals surface area contributed by atoms with Gasteiger partial charge in [-0.25, -0.2) is 9.48 Å². The number of imidazole rings is 1. The summed E-state index contributed by atoms with van der Waals surface area (Å²) < 4.78 is 4.92. The Morgan fingerprint density at radius 3 is 2.61 bits per heavy atom. The summed E-state index contributed by atoms with van der Waals surface area (Å²) in [5.41, 5.74) is 1.69. The summed E-state index contributed by atoms with van der Waals surface area (Å²) in [6, 6.07) is 1.95. The average molecular weight is 316 g/mol. The standard InChI is InChI=1S/C15H20N6O2/c1-5-6-7-20-11-12(19(4)15(23)17-13(11)22)16-14(20)21-10(3)8-9(2)18-21/h8H,5-7H2,1-4H3,(H,17,22,23). The topological polar surface area (TPSA) is 90.5 Å². The molecule has 0 aliphatic heterocycles. The van der Waals surface area contributed by atoms with Gasteiger partial charge < -0.3 is 4.57 Å². The lowest BCUT2D eigenvalue weighted by Gasteiger charge is -2.08. The van der Waals surface area contributed by atoms with Crippen LogP contribution in [0.4, 0.5) is 0 Å². The number of hydrogen-bond donors (Lipinski definition) is 1. The van der Waals surface area contributed by atoms with Crippen LogP contribution in [0.25, 0.3) is 17.1 Å². The maximum Gasteiger partial charge on any atom is 0.329 e. The van der Waals surface area contributed by atoms with Crippen LogP contribution in [0.2, 0.25) is 0 Å². The van der Waals surface area contributed by atoms with Gasteiger partial charge in [0, 0.05) is 19.3 Å². The number of aryl methyl sites for hydroxylation is 4. The molecule has 0 unspecified atom stereocenters. The third-order valence-electron chi connectivity index (χ3n) is 3.92. The zero-order valence-electron chi connectivity index (χ0n) is 13.8. The molecule has 0 saturated carbocycles. The van der Waals surface area contributed by atoms with Gasteiger partial charge in [-0.15, -0.1) is 0 Å². The zero-order chi connectivity index (χ0) is 16.7. The lowest BCUT2D eigenvalue weighted by molar-refractivity contribution is 0.610. The van der Waals surface area contributed by atoms with E-state index in [2.05, 4.69) is 22.0 Å². The summed E-state index contributed by atoms with van der Waals surface area (Å²) in [7, 11) is 1.60. The molecule has 0 aliphatic rings. The van der Waals surface area contributed by atoms with Crippen molar-refractivity contribution in [2.75, 3.05) is 0 Å². The van der Waals surface area contributed by atoms with E-state index in [4.69, 9.17) is 0 Å². The molecule has 3 heterocycles. The number of nitrogens with one attached hydrogen (secondary N) is 1. The van der Waals surface area contributed by atoms with E-state index < -0.39 is 11.2 Å². The molecule has 0 spiro atoms. The molecule has 0 aliphatic carbocycles. The van der Waals surface area contributed by atoms with Gasteiger partial charge in [0.05, 0.1) is 5.69 Å². The minimum Gasteiger partial charge on any atom is -0.302 e. The minimum atomic E-state index is -0.470. The second kappa shape index (κ2) is 5.53. The van der Waals surface area contributed by atoms with Crippen molar-refractivity contribution in [2.45, 2.75) is 40.2 Å². The highest BCUT2D eigenvalue weighted by Gasteiger charge is 2.19. The van der Waals surface area contributed by atoms with Crippen LogP contribution in [0.3, 0.4) is 0 Å². The van der Waals surface area contributed by atoms with Crippen molar-refractivity contribution in [1.82, 2.24) is 28.9 Å². The third-order valence-corrected chi connectivity index (χ3v) is 3.92. The van der Waals surface area contributed by atoms with Gasteiger partial charge in [0.2, 0.25) is 5.95 Å². The molecule has 3 rings (SSSR count). The molecule has 0 atom stereocenters. The van der Waals surface area contributed by atoms with E-state index in [-0.39, 0.29) is 0 Å². The van der Waals surface area contributed by atoms with E-state index in [1.165, 1.54) is 4.57 Å². The van der Waals surface area contributed by atoms with Crippen LogP contribution in [-0.2, 0) is 13.6 Å². The first-order valence-corrected chi connectivity index (χ1v) is 7.67. The van der Waals surface area contributed by atoms with Gasteiger partial charge in [-0.1, -0.05) is 13.3 Å². The molecule has 1 N–H and O–H groups in total. The van der Waals surface area contributed by atoms with E-state index in [1.54, 1.807) is 11.7 Å². The average Bonchev–Trinajstić information content (AvgIpc) is 3.02. The highest BCUT2D eigenvalue weighted by molar-refractivity contribution is 5.72. The van der Waals surface area contributed by atoms with Crippen molar-refractivity contribution in [2.24, 2.45) is 7.05 Å². The first kappa shape index (κ1) is 15.3. The van der Waals surface area contributed by atoms with Crippen LogP contribution in [0.1, 0.15) is 31.2 Å². The minimum absolute atomic E-state index is 0.373. The number of rotatable bonds is 4. The van der Waals surface area contributed by atoms with Crippen molar-refractivity contribution >= 4 is 11.2 Å². The molecule has 3 aromatic heterocycles. The van der Waals surface area contributed by atoms with Gasteiger partial charge in [-0.05, 0) is 26.3 Å². The van der Waals surface area contributed by atoms with Gasteiger partial charge in [0.15, 0.2) is 11.2 Å². The van der Waals surface area contributed by atoms with Crippen LogP contribution in [0.15, 0.2) is 15.7 Å². The number of nitrogens with zero attached hydrogens (tertiary/aromatic N) is 5. The quantitative estimate of drug-likeness (QED) is 0.778. The van der Waals surface area contributed by atoms with E-state index in [9.17, 15) is 9.59 Å². The Morgan fingerprint density at radius 1 is 1.26 bits per heavy atom. The molecule has 0 bridgehead atoms. The second-order valence-corrected chi connectivity index (χ2v) is 5.75. The Kier molecular flexibility index (Phi) is 3.67. The molecular weight excluding hydrogens is 296 g/mol. The van der Waals surface area contributed by atoms with E-state index >= 15 is 0 Å². The van der Waals surface area contributed by atoms with Crippen molar-refractivity contribution in [3.63, 3.8) is 0 Å². The molecule has 8 heteroatoms. The summed E-state index contributed by atoms with van der Waals surface area (Å²) >= 11 is 0. The maximum atomic E-state index is 12.3. The summed E-state index contributed by atoms with van der Waals surface area (Å²) in [6.45, 7) is 6.57. The number of H-pyrrole nitrogens is 1. The fourth-order valence-corrected chi connectivity index (χ4v) is 2.74. The highest BCUT2D eigenvalue weighted by atomic mass is 16.2. The SMILES string of the molecule is CCCCn1c(-n2nc(C)cc2C)nc2c1c(=O)[nH]c(=O)n2C. The first-order chi connectivity index (χ1) is 10.9. The predicted molar refractivity (Wildman–Crippen MR) is 87.1 cm³/mol. The second-order valence-electron chi connectivity index (χ2n) is 5.75. The van der Waals surface area contributed by atoms with Gasteiger partial charge in [0.25, 0.3) is 5.56 Å². The molecule has 0 aromatic carbocycles. The van der Waals surface area contributed by atoms with Crippen LogP contribution >= 0.6 is 0 Å². The molecular formula is C15H20N6O2.